The summed E-state index contributed by atoms with van der Waals surface area (Å²) in [4.78, 5) is 0. The van der Waals surface area contributed by atoms with Gasteiger partial charge < -0.3 is 24.8 Å². The molecule has 0 saturated carbocycles. The van der Waals surface area contributed by atoms with Crippen LogP contribution < -0.4 is 24.8 Å². The zero-order valence-electron chi connectivity index (χ0n) is 23.7. The van der Waals surface area contributed by atoms with Crippen molar-refractivity contribution in [3.63, 3.8) is 0 Å². The van der Waals surface area contributed by atoms with Crippen molar-refractivity contribution in [2.75, 3.05) is 0 Å². The van der Waals surface area contributed by atoms with Gasteiger partial charge >= 0.3 is 230 Å². The van der Waals surface area contributed by atoms with Crippen molar-refractivity contribution in [3.05, 3.63) is 85.2 Å². The molecule has 0 atom stereocenters. The third kappa shape index (κ3) is 8.84. The molecule has 0 N–H and O–H groups in total. The van der Waals surface area contributed by atoms with Gasteiger partial charge in [-0.25, -0.2) is 0 Å². The van der Waals surface area contributed by atoms with Crippen molar-refractivity contribution in [1.29, 1.82) is 0 Å². The SMILES string of the molecule is CC(C)C1=[C]([Hf+]([C]2=CC=CC2)[SiH](C)C)CC=C1.CC(C)C1=[C]([Hf+]([C]2=CC=CC2)[SiH](C)C)CC=C1.[Cl-].[Cl-]. The third-order valence-electron chi connectivity index (χ3n) is 7.22. The van der Waals surface area contributed by atoms with Gasteiger partial charge in [0.15, 0.2) is 0 Å². The summed E-state index contributed by atoms with van der Waals surface area (Å²) in [7, 11) is 0. The van der Waals surface area contributed by atoms with Crippen LogP contribution in [-0.4, -0.2) is 12.0 Å². The Morgan fingerprint density at radius 1 is 0.583 bits per heavy atom. The summed E-state index contributed by atoms with van der Waals surface area (Å²) in [6.45, 7) is 19.8. The Bertz CT molecular complexity index is 912. The Morgan fingerprint density at radius 3 is 1.19 bits per heavy atom. The summed E-state index contributed by atoms with van der Waals surface area (Å²) in [5, 5.41) is 0. The molecule has 0 aromatic rings. The van der Waals surface area contributed by atoms with Crippen molar-refractivity contribution < 1.29 is 66.0 Å². The average molecular weight is 891 g/mol. The monoisotopic (exact) mass is 892 g/mol. The van der Waals surface area contributed by atoms with Crippen molar-refractivity contribution in [1.82, 2.24) is 0 Å². The van der Waals surface area contributed by atoms with E-state index in [1.54, 1.807) is 11.1 Å². The second-order valence-electron chi connectivity index (χ2n) is 11.2. The Kier molecular flexibility index (Phi) is 16.1. The maximum Gasteiger partial charge on any atom is -1.00 e. The van der Waals surface area contributed by atoms with E-state index in [9.17, 15) is 0 Å². The molecule has 0 fully saturated rings. The number of allylic oxidation sites excluding steroid dienone is 16. The van der Waals surface area contributed by atoms with Gasteiger partial charge in [-0.3, -0.25) is 0 Å². The van der Waals surface area contributed by atoms with E-state index in [1.807, 2.05) is 13.3 Å². The Morgan fingerprint density at radius 2 is 0.944 bits per heavy atom. The molecule has 0 bridgehead atoms. The standard InChI is InChI=1S/2C8H11.2C5H5.2C2H7Si.2ClH.2Hf/c2*1-7(2)8-5-3-4-6-8;2*1-2-4-5-3-1;2*1-3-2;;;;/h2*3,5,7H,4H2,1-2H3;2*1-3H,4H2;2*3H,1-2H3;2*1H;;/q;;;;;;;;2*+1/p-2. The first kappa shape index (κ1) is 34.7. The summed E-state index contributed by atoms with van der Waals surface area (Å²) in [6.07, 6.45) is 29.0. The molecule has 0 saturated heterocycles. The van der Waals surface area contributed by atoms with E-state index in [0.29, 0.717) is 0 Å². The number of halogens is 2. The van der Waals surface area contributed by atoms with Crippen LogP contribution in [0.5, 0.6) is 0 Å². The Labute approximate surface area is 252 Å². The number of hydrogen-bond donors (Lipinski definition) is 0. The van der Waals surface area contributed by atoms with Crippen LogP contribution in [-0.2, 0) is 41.2 Å². The van der Waals surface area contributed by atoms with Crippen LogP contribution in [0.15, 0.2) is 85.2 Å². The quantitative estimate of drug-likeness (QED) is 0.330. The topological polar surface area (TPSA) is 0 Å². The van der Waals surface area contributed by atoms with Gasteiger partial charge in [-0.15, -0.1) is 0 Å². The molecule has 0 radical (unpaired) electrons. The molecule has 0 spiro atoms. The van der Waals surface area contributed by atoms with Gasteiger partial charge in [0.1, 0.15) is 0 Å². The zero-order valence-corrected chi connectivity index (χ0v) is 34.7. The van der Waals surface area contributed by atoms with Crippen LogP contribution in [0.3, 0.4) is 0 Å². The average Bonchev–Trinajstić information content (AvgIpc) is 3.56. The van der Waals surface area contributed by atoms with E-state index in [1.165, 1.54) is 25.7 Å². The molecular formula is C30H46Cl2Hf2Si2. The Hall–Kier alpha value is 0.674. The fourth-order valence-corrected chi connectivity index (χ4v) is 62.4. The second-order valence-corrected chi connectivity index (χ2v) is 65.0. The smallest absolute Gasteiger partial charge is 1.00 e. The fraction of sp³-hybridized carbons (Fsp3) is 0.467. The molecule has 0 nitrogen and oxygen atoms in total. The zero-order chi connectivity index (χ0) is 24.8. The predicted molar refractivity (Wildman–Crippen MR) is 153 cm³/mol. The van der Waals surface area contributed by atoms with Gasteiger partial charge in [0.05, 0.1) is 0 Å². The van der Waals surface area contributed by atoms with Crippen LogP contribution >= 0.6 is 0 Å². The van der Waals surface area contributed by atoms with Gasteiger partial charge in [-0.1, -0.05) is 0 Å². The van der Waals surface area contributed by atoms with Gasteiger partial charge in [0, 0.05) is 0 Å². The normalized spacial score (nSPS) is 17.8. The van der Waals surface area contributed by atoms with Gasteiger partial charge in [-0.2, -0.15) is 0 Å². The molecule has 0 aliphatic heterocycles. The maximum absolute atomic E-state index is 2.59. The van der Waals surface area contributed by atoms with E-state index in [4.69, 9.17) is 0 Å². The van der Waals surface area contributed by atoms with Gasteiger partial charge in [0.25, 0.3) is 0 Å². The molecule has 4 rings (SSSR count). The summed E-state index contributed by atoms with van der Waals surface area (Å²) in [5.74, 6) is 0.527. The van der Waals surface area contributed by atoms with Crippen LogP contribution in [0, 0.1) is 11.8 Å². The Balaban J connectivity index is 0.000000341. The first-order chi connectivity index (χ1) is 16.2. The molecule has 0 unspecified atom stereocenters. The van der Waals surface area contributed by atoms with E-state index in [0.717, 1.165) is 11.8 Å². The summed E-state index contributed by atoms with van der Waals surface area (Å²) in [5.41, 5.74) is 3.42. The molecule has 0 amide bonds. The molecule has 196 valence electrons. The van der Waals surface area contributed by atoms with Crippen LogP contribution in [0.2, 0.25) is 26.2 Å². The minimum absolute atomic E-state index is 0. The van der Waals surface area contributed by atoms with E-state index in [-0.39, 0.29) is 24.8 Å². The molecule has 36 heavy (non-hydrogen) atoms. The maximum atomic E-state index is 2.59. The number of hydrogen-bond acceptors (Lipinski definition) is 0. The first-order valence-electron chi connectivity index (χ1n) is 13.5. The summed E-state index contributed by atoms with van der Waals surface area (Å²) in [6, 6.07) is 0. The predicted octanol–water partition coefficient (Wildman–Crippen LogP) is 2.61. The van der Waals surface area contributed by atoms with Crippen LogP contribution in [0.25, 0.3) is 0 Å². The van der Waals surface area contributed by atoms with Crippen molar-refractivity contribution >= 4 is 12.0 Å². The van der Waals surface area contributed by atoms with Crippen molar-refractivity contribution in [2.45, 2.75) is 79.6 Å². The van der Waals surface area contributed by atoms with Gasteiger partial charge in [-0.05, 0) is 0 Å². The summed E-state index contributed by atoms with van der Waals surface area (Å²) >= 11 is -3.21. The third-order valence-corrected chi connectivity index (χ3v) is 62.0. The van der Waals surface area contributed by atoms with Crippen molar-refractivity contribution in [3.8, 4) is 0 Å². The number of rotatable bonds is 8. The summed E-state index contributed by atoms with van der Waals surface area (Å²) < 4.78 is 7.66. The van der Waals surface area contributed by atoms with E-state index in [2.05, 4.69) is 115 Å². The van der Waals surface area contributed by atoms with Crippen LogP contribution in [0.1, 0.15) is 53.4 Å². The second kappa shape index (κ2) is 16.7. The van der Waals surface area contributed by atoms with Gasteiger partial charge in [0.2, 0.25) is 0 Å². The minimum Gasteiger partial charge on any atom is -1.00 e. The molecule has 4 aliphatic carbocycles. The largest absolute Gasteiger partial charge is 1.00 e. The van der Waals surface area contributed by atoms with E-state index < -0.39 is 53.2 Å². The molecular weight excluding hydrogens is 844 g/mol. The fourth-order valence-electron chi connectivity index (χ4n) is 5.78. The minimum atomic E-state index is -1.60. The van der Waals surface area contributed by atoms with Crippen LogP contribution in [0.4, 0.5) is 0 Å². The molecule has 0 aromatic heterocycles. The first-order valence-corrected chi connectivity index (χ1v) is 38.9. The van der Waals surface area contributed by atoms with E-state index >= 15 is 0 Å². The molecule has 4 aliphatic rings. The van der Waals surface area contributed by atoms with Crippen molar-refractivity contribution in [2.24, 2.45) is 11.8 Å². The molecule has 0 aromatic carbocycles. The molecule has 6 heteroatoms. The molecule has 0 heterocycles.